The number of unbranched alkanes of at least 4 members (excludes halogenated alkanes) is 3. The molecule has 0 saturated carbocycles. The van der Waals surface area contributed by atoms with Gasteiger partial charge >= 0.3 is 163 Å². The van der Waals surface area contributed by atoms with Crippen molar-refractivity contribution in [2.45, 2.75) is 128 Å². The van der Waals surface area contributed by atoms with Crippen LogP contribution in [0, 0.1) is 0 Å². The molecule has 2 N–H and O–H groups in total. The second-order valence-electron chi connectivity index (χ2n) is 8.02. The molecule has 0 aliphatic rings. The molecular weight excluding hydrogens is 380 g/mol. The minimum atomic E-state index is -0.722. The van der Waals surface area contributed by atoms with Crippen molar-refractivity contribution < 1.29 is 46.7 Å². The molecule has 0 aliphatic heterocycles. The summed E-state index contributed by atoms with van der Waals surface area (Å²) in [5.74, 6) is 0. The third-order valence-electron chi connectivity index (χ3n) is 4.65. The van der Waals surface area contributed by atoms with E-state index in [1.807, 2.05) is 0 Å². The summed E-state index contributed by atoms with van der Waals surface area (Å²) < 4.78 is 7.95. The summed E-state index contributed by atoms with van der Waals surface area (Å²) in [6, 6.07) is 0. The summed E-state index contributed by atoms with van der Waals surface area (Å²) in [5.41, 5.74) is 0. The molecule has 0 amide bonds. The topological polar surface area (TPSA) is 60.0 Å². The second-order valence-corrected chi connectivity index (χ2v) is 19.7. The van der Waals surface area contributed by atoms with Crippen molar-refractivity contribution in [3.05, 3.63) is 0 Å². The van der Waals surface area contributed by atoms with Crippen molar-refractivity contribution in [3.63, 3.8) is 0 Å². The Bertz CT molecular complexity index is 196. The standard InChI is InChI=1S/3C4H9.3C3H7.2H2O.2Ti/c3*1-3-4-2;3*1-3-2;;;;/h3*1,3-4H2,2H3;3*3H,1-2H3;2*1H2;;/q;;;;;;;;2*+1/p-2. The second kappa shape index (κ2) is 23.4. The molecule has 0 bridgehead atoms. The van der Waals surface area contributed by atoms with Gasteiger partial charge in [0.2, 0.25) is 0 Å². The maximum Gasteiger partial charge on any atom is -0.870 e. The maximum atomic E-state index is 2.40. The summed E-state index contributed by atoms with van der Waals surface area (Å²) in [6.07, 6.45) is 8.78. The van der Waals surface area contributed by atoms with Crippen LogP contribution in [0.5, 0.6) is 0 Å². The van der Waals surface area contributed by atoms with Crippen LogP contribution < -0.4 is 0 Å². The van der Waals surface area contributed by atoms with Crippen LogP contribution in [0.25, 0.3) is 0 Å². The Kier molecular flexibility index (Phi) is 31.7. The predicted octanol–water partition coefficient (Wildman–Crippen LogP) is 9.00. The average molecular weight is 430 g/mol. The fourth-order valence-corrected chi connectivity index (χ4v) is 15.1. The van der Waals surface area contributed by atoms with Gasteiger partial charge in [0.25, 0.3) is 0 Å². The van der Waals surface area contributed by atoms with E-state index in [4.69, 9.17) is 0 Å². The van der Waals surface area contributed by atoms with Gasteiger partial charge in [0.1, 0.15) is 0 Å². The van der Waals surface area contributed by atoms with E-state index in [-0.39, 0.29) is 11.0 Å². The molecule has 0 heterocycles. The van der Waals surface area contributed by atoms with Crippen molar-refractivity contribution >= 4 is 0 Å². The van der Waals surface area contributed by atoms with Crippen LogP contribution in [0.15, 0.2) is 0 Å². The van der Waals surface area contributed by atoms with Crippen LogP contribution in [-0.2, 0) is 35.7 Å². The molecule has 0 atom stereocenters. The normalized spacial score (nSPS) is 10.1. The maximum absolute atomic E-state index is 2.40. The first-order valence-electron chi connectivity index (χ1n) is 10.5. The summed E-state index contributed by atoms with van der Waals surface area (Å²) in [5, 5.41) is 0. The van der Waals surface area contributed by atoms with E-state index >= 15 is 0 Å². The van der Waals surface area contributed by atoms with Gasteiger partial charge in [-0.25, -0.2) is 0 Å². The molecule has 2 nitrogen and oxygen atoms in total. The van der Waals surface area contributed by atoms with Gasteiger partial charge in [0.15, 0.2) is 0 Å². The molecular formula is C21H50O2Ti2. The monoisotopic (exact) mass is 430 g/mol. The summed E-state index contributed by atoms with van der Waals surface area (Å²) in [7, 11) is 0. The van der Waals surface area contributed by atoms with E-state index in [9.17, 15) is 0 Å². The molecule has 0 aromatic carbocycles. The Morgan fingerprint density at radius 2 is 0.760 bits per heavy atom. The van der Waals surface area contributed by atoms with Crippen LogP contribution in [0.4, 0.5) is 0 Å². The van der Waals surface area contributed by atoms with Gasteiger partial charge < -0.3 is 11.0 Å². The molecule has 0 aromatic rings. The fourth-order valence-electron chi connectivity index (χ4n) is 3.66. The van der Waals surface area contributed by atoms with E-state index < -0.39 is 35.7 Å². The molecule has 0 aromatic heterocycles. The number of rotatable bonds is 12. The first kappa shape index (κ1) is 33.9. The molecule has 4 heteroatoms. The Hall–Kier alpha value is 1.35. The van der Waals surface area contributed by atoms with Crippen molar-refractivity contribution in [2.24, 2.45) is 0 Å². The van der Waals surface area contributed by atoms with Gasteiger partial charge in [-0.3, -0.25) is 0 Å². The van der Waals surface area contributed by atoms with Crippen molar-refractivity contribution in [1.82, 2.24) is 0 Å². The van der Waals surface area contributed by atoms with Crippen LogP contribution >= 0.6 is 0 Å². The SMILES string of the molecule is CCC[CH2][Ti+]([CH2]CCC)[CH2]CCC.C[CH](C)[Ti+]([CH](C)C)[CH](C)C.[OH-].[OH-]. The zero-order valence-corrected chi connectivity index (χ0v) is 22.1. The van der Waals surface area contributed by atoms with Gasteiger partial charge in [0, 0.05) is 0 Å². The zero-order chi connectivity index (χ0) is 18.3. The quantitative estimate of drug-likeness (QED) is 0.290. The largest absolute Gasteiger partial charge is 0.870 e. The van der Waals surface area contributed by atoms with E-state index in [1.54, 1.807) is 14.2 Å². The van der Waals surface area contributed by atoms with E-state index in [0.29, 0.717) is 0 Å². The van der Waals surface area contributed by atoms with Crippen molar-refractivity contribution in [2.75, 3.05) is 0 Å². The Labute approximate surface area is 173 Å². The Morgan fingerprint density at radius 3 is 0.880 bits per heavy atom. The van der Waals surface area contributed by atoms with Gasteiger partial charge in [-0.1, -0.05) is 0 Å². The molecule has 25 heavy (non-hydrogen) atoms. The minimum absolute atomic E-state index is 0. The molecule has 154 valence electrons. The zero-order valence-electron chi connectivity index (χ0n) is 19.0. The Morgan fingerprint density at radius 1 is 0.520 bits per heavy atom. The predicted molar refractivity (Wildman–Crippen MR) is 108 cm³/mol. The molecule has 0 unspecified atom stereocenters. The first-order chi connectivity index (χ1) is 10.8. The third-order valence-corrected chi connectivity index (χ3v) is 15.9. The van der Waals surface area contributed by atoms with E-state index in [1.165, 1.54) is 38.5 Å². The number of hydrogen-bond acceptors (Lipinski definition) is 2. The van der Waals surface area contributed by atoms with Crippen LogP contribution in [0.3, 0.4) is 0 Å². The van der Waals surface area contributed by atoms with Crippen LogP contribution in [0.1, 0.15) is 101 Å². The summed E-state index contributed by atoms with van der Waals surface area (Å²) >= 11 is -1.27. The van der Waals surface area contributed by atoms with E-state index in [0.717, 1.165) is 12.7 Å². The molecule has 0 spiro atoms. The van der Waals surface area contributed by atoms with Gasteiger partial charge in [-0.2, -0.15) is 0 Å². The smallest absolute Gasteiger partial charge is 0.870 e. The van der Waals surface area contributed by atoms with Crippen molar-refractivity contribution in [1.29, 1.82) is 0 Å². The Balaban J connectivity index is -0.000000168. The number of hydrogen-bond donors (Lipinski definition) is 0. The average Bonchev–Trinajstić information content (AvgIpc) is 2.45. The van der Waals surface area contributed by atoms with Gasteiger partial charge in [0.05, 0.1) is 0 Å². The van der Waals surface area contributed by atoms with Crippen LogP contribution in [0.2, 0.25) is 26.8 Å². The van der Waals surface area contributed by atoms with Crippen LogP contribution in [-0.4, -0.2) is 11.0 Å². The fraction of sp³-hybridized carbons (Fsp3) is 1.00. The van der Waals surface area contributed by atoms with Gasteiger partial charge in [-0.05, 0) is 0 Å². The van der Waals surface area contributed by atoms with Crippen molar-refractivity contribution in [3.8, 4) is 0 Å². The summed E-state index contributed by atoms with van der Waals surface area (Å²) in [6.45, 7) is 21.4. The minimum Gasteiger partial charge on any atom is -0.870 e. The van der Waals surface area contributed by atoms with E-state index in [2.05, 4.69) is 62.3 Å². The molecule has 0 radical (unpaired) electrons. The molecule has 0 fully saturated rings. The summed E-state index contributed by atoms with van der Waals surface area (Å²) in [4.78, 5) is 0. The molecule has 0 saturated heterocycles. The first-order valence-corrected chi connectivity index (χ1v) is 16.5. The third kappa shape index (κ3) is 21.5. The van der Waals surface area contributed by atoms with Gasteiger partial charge in [-0.15, -0.1) is 0 Å². The molecule has 0 aliphatic carbocycles. The molecule has 0 rings (SSSR count).